The van der Waals surface area contributed by atoms with E-state index in [9.17, 15) is 0 Å². The third kappa shape index (κ3) is 2.87. The zero-order valence-corrected chi connectivity index (χ0v) is 11.3. The molecule has 0 saturated heterocycles. The minimum absolute atomic E-state index is 0.704. The zero-order valence-electron chi connectivity index (χ0n) is 8.85. The van der Waals surface area contributed by atoms with Crippen molar-refractivity contribution >= 4 is 27.3 Å². The summed E-state index contributed by atoms with van der Waals surface area (Å²) >= 11 is 5.13. The number of hydrogen-bond donors (Lipinski definition) is 1. The van der Waals surface area contributed by atoms with Crippen molar-refractivity contribution in [3.05, 3.63) is 26.6 Å². The van der Waals surface area contributed by atoms with Crippen molar-refractivity contribution in [1.29, 1.82) is 0 Å². The molecule has 16 heavy (non-hydrogen) atoms. The third-order valence-corrected chi connectivity index (χ3v) is 3.75. The number of thiophene rings is 1. The molecule has 0 amide bonds. The highest BCUT2D eigenvalue weighted by Gasteiger charge is 2.07. The van der Waals surface area contributed by atoms with Gasteiger partial charge in [0.25, 0.3) is 0 Å². The van der Waals surface area contributed by atoms with Gasteiger partial charge in [0.2, 0.25) is 0 Å². The van der Waals surface area contributed by atoms with Crippen molar-refractivity contribution in [3.63, 3.8) is 0 Å². The van der Waals surface area contributed by atoms with Crippen molar-refractivity contribution in [2.75, 3.05) is 6.54 Å². The fraction of sp³-hybridized carbons (Fsp3) is 0.444. The largest absolute Gasteiger partial charge is 0.310 e. The molecule has 7 heteroatoms. The Hall–Kier alpha value is -0.790. The van der Waals surface area contributed by atoms with Crippen LogP contribution >= 0.6 is 27.3 Å². The van der Waals surface area contributed by atoms with Crippen LogP contribution in [0.5, 0.6) is 0 Å². The van der Waals surface area contributed by atoms with Crippen molar-refractivity contribution in [3.8, 4) is 0 Å². The first kappa shape index (κ1) is 11.7. The van der Waals surface area contributed by atoms with Gasteiger partial charge in [0.1, 0.15) is 0 Å². The van der Waals surface area contributed by atoms with Gasteiger partial charge >= 0.3 is 0 Å². The highest BCUT2D eigenvalue weighted by Crippen LogP contribution is 2.20. The van der Waals surface area contributed by atoms with E-state index in [1.807, 2.05) is 4.68 Å². The first-order valence-electron chi connectivity index (χ1n) is 4.98. The fourth-order valence-corrected chi connectivity index (χ4v) is 2.73. The first-order chi connectivity index (χ1) is 7.79. The molecule has 0 aliphatic heterocycles. The summed E-state index contributed by atoms with van der Waals surface area (Å²) in [4.78, 5) is 1.23. The normalized spacial score (nSPS) is 10.9. The molecule has 2 aromatic rings. The van der Waals surface area contributed by atoms with E-state index in [1.54, 1.807) is 11.3 Å². The van der Waals surface area contributed by atoms with Gasteiger partial charge in [-0.15, -0.1) is 16.4 Å². The molecule has 0 fully saturated rings. The number of tetrazole rings is 1. The zero-order chi connectivity index (χ0) is 11.4. The van der Waals surface area contributed by atoms with E-state index < -0.39 is 0 Å². The summed E-state index contributed by atoms with van der Waals surface area (Å²) in [6.45, 7) is 4.40. The smallest absolute Gasteiger partial charge is 0.165 e. The molecule has 0 saturated carbocycles. The molecule has 0 unspecified atom stereocenters. The number of halogens is 1. The van der Waals surface area contributed by atoms with Crippen LogP contribution in [0.15, 0.2) is 15.9 Å². The van der Waals surface area contributed by atoms with Gasteiger partial charge in [0.05, 0.1) is 13.1 Å². The van der Waals surface area contributed by atoms with Crippen molar-refractivity contribution < 1.29 is 0 Å². The summed E-state index contributed by atoms with van der Waals surface area (Å²) in [5.74, 6) is 0.867. The van der Waals surface area contributed by atoms with Gasteiger partial charge in [-0.1, -0.05) is 6.92 Å². The molecule has 5 nitrogen and oxygen atoms in total. The average molecular weight is 302 g/mol. The summed E-state index contributed by atoms with van der Waals surface area (Å²) in [5.41, 5.74) is 0. The number of rotatable bonds is 5. The molecule has 0 spiro atoms. The maximum Gasteiger partial charge on any atom is 0.165 e. The monoisotopic (exact) mass is 301 g/mol. The van der Waals surface area contributed by atoms with Crippen LogP contribution in [-0.2, 0) is 13.1 Å². The lowest BCUT2D eigenvalue weighted by Gasteiger charge is -2.02. The van der Waals surface area contributed by atoms with E-state index >= 15 is 0 Å². The molecule has 2 aromatic heterocycles. The van der Waals surface area contributed by atoms with Crippen molar-refractivity contribution in [2.24, 2.45) is 0 Å². The maximum atomic E-state index is 3.99. The van der Waals surface area contributed by atoms with E-state index in [4.69, 9.17) is 0 Å². The number of hydrogen-bond acceptors (Lipinski definition) is 5. The Morgan fingerprint density at radius 3 is 3.12 bits per heavy atom. The van der Waals surface area contributed by atoms with Gasteiger partial charge < -0.3 is 5.32 Å². The quantitative estimate of drug-likeness (QED) is 0.912. The molecule has 0 atom stereocenters. The Morgan fingerprint density at radius 1 is 1.56 bits per heavy atom. The van der Waals surface area contributed by atoms with E-state index in [1.165, 1.54) is 4.88 Å². The van der Waals surface area contributed by atoms with E-state index in [-0.39, 0.29) is 0 Å². The number of nitrogens with zero attached hydrogens (tertiary/aromatic N) is 4. The molecule has 1 N–H and O–H groups in total. The van der Waals surface area contributed by atoms with E-state index in [2.05, 4.69) is 55.1 Å². The number of nitrogens with one attached hydrogen (secondary N) is 1. The maximum absolute atomic E-state index is 3.99. The van der Waals surface area contributed by atoms with Crippen molar-refractivity contribution in [2.45, 2.75) is 20.0 Å². The molecule has 2 heterocycles. The summed E-state index contributed by atoms with van der Waals surface area (Å²) in [5, 5.41) is 16.9. The lowest BCUT2D eigenvalue weighted by atomic mass is 10.4. The van der Waals surface area contributed by atoms with E-state index in [0.717, 1.165) is 23.4 Å². The predicted molar refractivity (Wildman–Crippen MR) is 66.3 cm³/mol. The highest BCUT2D eigenvalue weighted by atomic mass is 79.9. The van der Waals surface area contributed by atoms with Gasteiger partial charge in [0.15, 0.2) is 5.82 Å². The Bertz CT molecular complexity index is 452. The molecule has 0 aliphatic rings. The van der Waals surface area contributed by atoms with Gasteiger partial charge in [-0.25, -0.2) is 4.68 Å². The molecule has 0 aliphatic carbocycles. The van der Waals surface area contributed by atoms with Crippen molar-refractivity contribution in [1.82, 2.24) is 25.5 Å². The lowest BCUT2D eigenvalue weighted by Crippen LogP contribution is -2.17. The van der Waals surface area contributed by atoms with Crippen LogP contribution in [0.25, 0.3) is 0 Å². The molecule has 0 bridgehead atoms. The molecule has 0 radical (unpaired) electrons. The van der Waals surface area contributed by atoms with E-state index in [0.29, 0.717) is 6.54 Å². The van der Waals surface area contributed by atoms with Gasteiger partial charge in [-0.05, 0) is 39.0 Å². The van der Waals surface area contributed by atoms with Crippen LogP contribution in [0.3, 0.4) is 0 Å². The van der Waals surface area contributed by atoms with Crippen LogP contribution in [0.4, 0.5) is 0 Å². The topological polar surface area (TPSA) is 55.6 Å². The van der Waals surface area contributed by atoms with Gasteiger partial charge in [0, 0.05) is 14.7 Å². The van der Waals surface area contributed by atoms with Crippen LogP contribution in [0.1, 0.15) is 17.6 Å². The highest BCUT2D eigenvalue weighted by molar-refractivity contribution is 9.10. The van der Waals surface area contributed by atoms with Gasteiger partial charge in [-0.3, -0.25) is 0 Å². The molecule has 86 valence electrons. The second kappa shape index (κ2) is 5.51. The third-order valence-electron chi connectivity index (χ3n) is 2.07. The SMILES string of the molecule is CCNCc1nnnn1Cc1cc(Br)cs1. The lowest BCUT2D eigenvalue weighted by molar-refractivity contribution is 0.591. The standard InChI is InChI=1S/C9H12BrN5S/c1-2-11-4-9-12-13-14-15(9)5-8-3-7(10)6-16-8/h3,6,11H,2,4-5H2,1H3. The van der Waals surface area contributed by atoms with Crippen LogP contribution in [-0.4, -0.2) is 26.8 Å². The average Bonchev–Trinajstić information content (AvgIpc) is 2.86. The van der Waals surface area contributed by atoms with Crippen LogP contribution in [0, 0.1) is 0 Å². The molecular weight excluding hydrogens is 290 g/mol. The first-order valence-corrected chi connectivity index (χ1v) is 6.65. The Morgan fingerprint density at radius 2 is 2.44 bits per heavy atom. The minimum atomic E-state index is 0.704. The summed E-state index contributed by atoms with van der Waals surface area (Å²) in [7, 11) is 0. The molecular formula is C9H12BrN5S. The fourth-order valence-electron chi connectivity index (χ4n) is 1.29. The molecule has 2 rings (SSSR count). The predicted octanol–water partition coefficient (Wildman–Crippen LogP) is 1.65. The second-order valence-electron chi connectivity index (χ2n) is 3.26. The second-order valence-corrected chi connectivity index (χ2v) is 5.18. The van der Waals surface area contributed by atoms with Crippen LogP contribution in [0.2, 0.25) is 0 Å². The number of aromatic nitrogens is 4. The van der Waals surface area contributed by atoms with Crippen LogP contribution < -0.4 is 5.32 Å². The summed E-state index contributed by atoms with van der Waals surface area (Å²) in [6, 6.07) is 2.09. The van der Waals surface area contributed by atoms with Gasteiger partial charge in [-0.2, -0.15) is 0 Å². The summed E-state index contributed by atoms with van der Waals surface area (Å²) < 4.78 is 2.93. The minimum Gasteiger partial charge on any atom is -0.310 e. The Labute approximate surface area is 106 Å². The summed E-state index contributed by atoms with van der Waals surface area (Å²) in [6.07, 6.45) is 0. The Kier molecular flexibility index (Phi) is 4.03. The Balaban J connectivity index is 2.06. The molecule has 0 aromatic carbocycles.